The van der Waals surface area contributed by atoms with Crippen molar-refractivity contribution in [2.45, 2.75) is 44.2 Å². The molecule has 2 heterocycles. The Balaban J connectivity index is 1.98. The van der Waals surface area contributed by atoms with Crippen LogP contribution in [-0.2, 0) is 28.3 Å². The summed E-state index contributed by atoms with van der Waals surface area (Å²) in [6.45, 7) is 12.8. The number of carbonyl (C=O) groups is 1. The van der Waals surface area contributed by atoms with E-state index in [0.29, 0.717) is 27.9 Å². The summed E-state index contributed by atoms with van der Waals surface area (Å²) in [5.74, 6) is -1.30. The first-order valence-corrected chi connectivity index (χ1v) is 12.7. The minimum Gasteiger partial charge on any atom is -0.361 e. The fourth-order valence-corrected chi connectivity index (χ4v) is 4.90. The highest BCUT2D eigenvalue weighted by Gasteiger charge is 2.26. The van der Waals surface area contributed by atoms with Gasteiger partial charge in [-0.1, -0.05) is 20.4 Å². The number of hydrogen-bond donors (Lipinski definition) is 1. The van der Waals surface area contributed by atoms with Crippen molar-refractivity contribution in [1.82, 2.24) is 24.4 Å². The van der Waals surface area contributed by atoms with Gasteiger partial charge < -0.3 is 9.74 Å². The van der Waals surface area contributed by atoms with Gasteiger partial charge in [-0.3, -0.25) is 9.48 Å². The van der Waals surface area contributed by atoms with Crippen LogP contribution in [0.2, 0.25) is 0 Å². The number of nitrogens with one attached hydrogen (secondary N) is 1. The van der Waals surface area contributed by atoms with Gasteiger partial charge in [-0.25, -0.2) is 9.11 Å². The molecule has 1 unspecified atom stereocenters. The number of rotatable bonds is 8. The first kappa shape index (κ1) is 27.0. The first-order valence-electron chi connectivity index (χ1n) is 11.3. The summed E-state index contributed by atoms with van der Waals surface area (Å²) in [4.78, 5) is 22.2. The number of sulfonamides is 1. The molecule has 190 valence electrons. The predicted molar refractivity (Wildman–Crippen MR) is 134 cm³/mol. The monoisotopic (exact) mass is 512 g/mol. The van der Waals surface area contributed by atoms with Crippen molar-refractivity contribution in [2.24, 2.45) is 7.05 Å². The van der Waals surface area contributed by atoms with Crippen molar-refractivity contribution in [3.8, 4) is 11.1 Å². The van der Waals surface area contributed by atoms with Crippen LogP contribution in [-0.4, -0.2) is 48.1 Å². The van der Waals surface area contributed by atoms with Crippen molar-refractivity contribution in [2.75, 3.05) is 14.1 Å². The van der Waals surface area contributed by atoms with Crippen LogP contribution < -0.4 is 4.72 Å². The van der Waals surface area contributed by atoms with E-state index in [9.17, 15) is 17.6 Å². The van der Waals surface area contributed by atoms with Gasteiger partial charge in [-0.05, 0) is 73.5 Å². The zero-order valence-electron chi connectivity index (χ0n) is 21.1. The lowest BCUT2D eigenvalue weighted by atomic mass is 9.88. The molecule has 3 aromatic rings. The van der Waals surface area contributed by atoms with Gasteiger partial charge in [-0.2, -0.15) is 13.5 Å². The minimum absolute atomic E-state index is 0.0989. The molecule has 1 amide bonds. The SMILES string of the molecule is [C-]#[N+]c1cc(-c2cc(F)cc(C(C)C)c2CC(=O)NS(=O)(=O)c2cc(C(C)N(C)C)n(C)n2)ccn1. The number of halogens is 1. The molecule has 0 aliphatic heterocycles. The van der Waals surface area contributed by atoms with Crippen LogP contribution in [0.25, 0.3) is 16.0 Å². The average molecular weight is 513 g/mol. The van der Waals surface area contributed by atoms with Crippen LogP contribution >= 0.6 is 0 Å². The number of amides is 1. The number of aryl methyl sites for hydroxylation is 1. The lowest BCUT2D eigenvalue weighted by molar-refractivity contribution is -0.118. The topological polar surface area (TPSA) is 102 Å². The molecule has 0 saturated carbocycles. The van der Waals surface area contributed by atoms with E-state index in [2.05, 4.69) is 19.6 Å². The highest BCUT2D eigenvalue weighted by Crippen LogP contribution is 2.33. The molecular weight excluding hydrogens is 483 g/mol. The number of hydrogen-bond acceptors (Lipinski definition) is 6. The Kier molecular flexibility index (Phi) is 7.91. The molecule has 9 nitrogen and oxygen atoms in total. The number of carbonyl (C=O) groups excluding carboxylic acids is 1. The first-order chi connectivity index (χ1) is 16.8. The molecule has 1 atom stereocenters. The van der Waals surface area contributed by atoms with Gasteiger partial charge >= 0.3 is 0 Å². The van der Waals surface area contributed by atoms with E-state index < -0.39 is 21.7 Å². The van der Waals surface area contributed by atoms with Crippen molar-refractivity contribution >= 4 is 21.7 Å². The van der Waals surface area contributed by atoms with Crippen LogP contribution in [0, 0.1) is 12.4 Å². The Bertz CT molecular complexity index is 1440. The molecule has 11 heteroatoms. The van der Waals surface area contributed by atoms with E-state index in [1.54, 1.807) is 13.1 Å². The molecule has 1 aromatic carbocycles. The smallest absolute Gasteiger partial charge is 0.283 e. The molecule has 3 rings (SSSR count). The second-order valence-corrected chi connectivity index (χ2v) is 10.7. The average Bonchev–Trinajstić information content (AvgIpc) is 3.21. The summed E-state index contributed by atoms with van der Waals surface area (Å²) in [5.41, 5.74) is 2.63. The summed E-state index contributed by atoms with van der Waals surface area (Å²) >= 11 is 0. The Morgan fingerprint density at radius 1 is 1.22 bits per heavy atom. The van der Waals surface area contributed by atoms with E-state index in [1.807, 2.05) is 39.8 Å². The van der Waals surface area contributed by atoms with Crippen molar-refractivity contribution in [3.63, 3.8) is 0 Å². The number of nitrogens with zero attached hydrogens (tertiary/aromatic N) is 5. The van der Waals surface area contributed by atoms with Gasteiger partial charge in [0, 0.05) is 19.2 Å². The molecule has 2 aromatic heterocycles. The van der Waals surface area contributed by atoms with Gasteiger partial charge in [0.2, 0.25) is 5.91 Å². The van der Waals surface area contributed by atoms with Crippen LogP contribution in [0.3, 0.4) is 0 Å². The van der Waals surface area contributed by atoms with Crippen molar-refractivity contribution in [3.05, 3.63) is 70.6 Å². The molecule has 0 aliphatic rings. The Morgan fingerprint density at radius 2 is 1.92 bits per heavy atom. The Hall–Kier alpha value is -3.62. The Morgan fingerprint density at radius 3 is 2.53 bits per heavy atom. The van der Waals surface area contributed by atoms with Crippen LogP contribution in [0.1, 0.15) is 49.6 Å². The molecule has 0 aliphatic carbocycles. The zero-order chi connectivity index (χ0) is 26.8. The molecule has 1 N–H and O–H groups in total. The van der Waals surface area contributed by atoms with E-state index in [0.717, 1.165) is 0 Å². The third kappa shape index (κ3) is 5.78. The third-order valence-electron chi connectivity index (χ3n) is 6.00. The summed E-state index contributed by atoms with van der Waals surface area (Å²) in [6, 6.07) is 7.08. The van der Waals surface area contributed by atoms with Gasteiger partial charge in [0.15, 0.2) is 5.03 Å². The molecule has 0 spiro atoms. The maximum absolute atomic E-state index is 14.5. The van der Waals surface area contributed by atoms with Crippen LogP contribution in [0.4, 0.5) is 10.2 Å². The number of pyridine rings is 1. The maximum Gasteiger partial charge on any atom is 0.283 e. The third-order valence-corrected chi connectivity index (χ3v) is 7.25. The van der Waals surface area contributed by atoms with Crippen LogP contribution in [0.5, 0.6) is 0 Å². The second-order valence-electron chi connectivity index (χ2n) is 9.07. The van der Waals surface area contributed by atoms with Crippen molar-refractivity contribution < 1.29 is 17.6 Å². The molecule has 0 bridgehead atoms. The van der Waals surface area contributed by atoms with Crippen LogP contribution in [0.15, 0.2) is 41.6 Å². The fourth-order valence-electron chi connectivity index (χ4n) is 3.91. The molecular formula is C25H29FN6O3S. The van der Waals surface area contributed by atoms with Gasteiger partial charge in [-0.15, -0.1) is 4.98 Å². The quantitative estimate of drug-likeness (QED) is 0.459. The Labute approximate surface area is 210 Å². The van der Waals surface area contributed by atoms with E-state index in [4.69, 9.17) is 6.57 Å². The number of aromatic nitrogens is 3. The minimum atomic E-state index is -4.24. The van der Waals surface area contributed by atoms with Gasteiger partial charge in [0.25, 0.3) is 15.8 Å². The van der Waals surface area contributed by atoms with Gasteiger partial charge in [0.1, 0.15) is 12.0 Å². The zero-order valence-corrected chi connectivity index (χ0v) is 21.9. The summed E-state index contributed by atoms with van der Waals surface area (Å²) in [6.07, 6.45) is 1.12. The molecule has 0 fully saturated rings. The fraction of sp³-hybridized carbons (Fsp3) is 0.360. The second kappa shape index (κ2) is 10.6. The van der Waals surface area contributed by atoms with Gasteiger partial charge in [0.05, 0.1) is 12.1 Å². The summed E-state index contributed by atoms with van der Waals surface area (Å²) in [5, 5.41) is 3.83. The van der Waals surface area contributed by atoms with E-state index in [-0.39, 0.29) is 29.2 Å². The largest absolute Gasteiger partial charge is 0.361 e. The van der Waals surface area contributed by atoms with E-state index >= 15 is 0 Å². The van der Waals surface area contributed by atoms with E-state index in [1.165, 1.54) is 35.1 Å². The summed E-state index contributed by atoms with van der Waals surface area (Å²) < 4.78 is 44.1. The molecule has 0 radical (unpaired) electrons. The lowest BCUT2D eigenvalue weighted by Crippen LogP contribution is -2.32. The predicted octanol–water partition coefficient (Wildman–Crippen LogP) is 3.97. The lowest BCUT2D eigenvalue weighted by Gasteiger charge is -2.19. The number of benzene rings is 1. The highest BCUT2D eigenvalue weighted by molar-refractivity contribution is 7.90. The molecule has 0 saturated heterocycles. The standard InChI is InChI=1S/C25H29FN6O3S/c1-15(2)19-11-18(26)12-20(17-8-9-28-23(10-17)27-4)21(19)13-24(33)30-36(34,35)25-14-22(32(7)29-25)16(3)31(5)6/h8-12,14-16H,13H2,1-3,5-7H3,(H,30,33). The highest BCUT2D eigenvalue weighted by atomic mass is 32.2. The molecule has 36 heavy (non-hydrogen) atoms. The van der Waals surface area contributed by atoms with Crippen molar-refractivity contribution in [1.29, 1.82) is 0 Å². The summed E-state index contributed by atoms with van der Waals surface area (Å²) in [7, 11) is 1.13. The normalized spacial score (nSPS) is 12.6. The maximum atomic E-state index is 14.5.